The van der Waals surface area contributed by atoms with Gasteiger partial charge in [0.1, 0.15) is 5.69 Å². The maximum atomic E-state index is 12.0. The van der Waals surface area contributed by atoms with Crippen LogP contribution in [0.2, 0.25) is 0 Å². The summed E-state index contributed by atoms with van der Waals surface area (Å²) in [5.41, 5.74) is 1.23. The van der Waals surface area contributed by atoms with Crippen LogP contribution in [-0.2, 0) is 4.74 Å². The molecule has 92 valence electrons. The number of nitrogens with one attached hydrogen (secondary N) is 1. The third-order valence-corrected chi connectivity index (χ3v) is 2.87. The van der Waals surface area contributed by atoms with E-state index in [-0.39, 0.29) is 18.6 Å². The van der Waals surface area contributed by atoms with Crippen molar-refractivity contribution in [1.82, 2.24) is 10.3 Å². The van der Waals surface area contributed by atoms with Gasteiger partial charge in [-0.3, -0.25) is 9.78 Å². The van der Waals surface area contributed by atoms with Crippen LogP contribution >= 0.6 is 0 Å². The molecule has 1 aliphatic rings. The Morgan fingerprint density at radius 2 is 2.47 bits per heavy atom. The molecule has 0 unspecified atom stereocenters. The number of aliphatic hydroxyl groups excluding tert-OH is 1. The molecule has 0 saturated carbocycles. The Labute approximate surface area is 99.8 Å². The fourth-order valence-electron chi connectivity index (χ4n) is 1.85. The first-order chi connectivity index (χ1) is 8.18. The molecule has 0 radical (unpaired) electrons. The van der Waals surface area contributed by atoms with E-state index in [4.69, 9.17) is 4.74 Å². The van der Waals surface area contributed by atoms with Crippen LogP contribution in [0.5, 0.6) is 0 Å². The number of aromatic nitrogens is 1. The summed E-state index contributed by atoms with van der Waals surface area (Å²) in [6.45, 7) is 2.66. The van der Waals surface area contributed by atoms with E-state index < -0.39 is 6.10 Å². The third kappa shape index (κ3) is 2.81. The quantitative estimate of drug-likeness (QED) is 0.773. The van der Waals surface area contributed by atoms with Gasteiger partial charge in [0.2, 0.25) is 0 Å². The number of hydrogen-bond acceptors (Lipinski definition) is 4. The lowest BCUT2D eigenvalue weighted by Gasteiger charge is -2.28. The number of ether oxygens (including phenoxy) is 1. The van der Waals surface area contributed by atoms with Gasteiger partial charge in [0.15, 0.2) is 0 Å². The number of nitrogens with zero attached hydrogens (tertiary/aromatic N) is 1. The highest BCUT2D eigenvalue weighted by molar-refractivity contribution is 5.93. The molecule has 17 heavy (non-hydrogen) atoms. The van der Waals surface area contributed by atoms with Crippen molar-refractivity contribution in [2.45, 2.75) is 25.5 Å². The second-order valence-electron chi connectivity index (χ2n) is 4.18. The van der Waals surface area contributed by atoms with Crippen molar-refractivity contribution in [2.75, 3.05) is 13.2 Å². The molecular weight excluding hydrogens is 220 g/mol. The molecule has 1 aromatic rings. The summed E-state index contributed by atoms with van der Waals surface area (Å²) in [6.07, 6.45) is 1.57. The van der Waals surface area contributed by atoms with Crippen molar-refractivity contribution in [3.8, 4) is 0 Å². The lowest BCUT2D eigenvalue weighted by Crippen LogP contribution is -2.49. The Hall–Kier alpha value is -1.46. The highest BCUT2D eigenvalue weighted by Gasteiger charge is 2.26. The van der Waals surface area contributed by atoms with Crippen LogP contribution in [0.4, 0.5) is 0 Å². The summed E-state index contributed by atoms with van der Waals surface area (Å²) in [6, 6.07) is 3.37. The molecule has 5 nitrogen and oxygen atoms in total. The Balaban J connectivity index is 2.04. The summed E-state index contributed by atoms with van der Waals surface area (Å²) in [5.74, 6) is -0.242. The van der Waals surface area contributed by atoms with Gasteiger partial charge in [-0.2, -0.15) is 0 Å². The number of carbonyl (C=O) groups is 1. The largest absolute Gasteiger partial charge is 0.389 e. The van der Waals surface area contributed by atoms with Crippen LogP contribution in [0.1, 0.15) is 22.5 Å². The van der Waals surface area contributed by atoms with Crippen molar-refractivity contribution >= 4 is 5.91 Å². The highest BCUT2D eigenvalue weighted by atomic mass is 16.5. The molecule has 2 N–H and O–H groups in total. The molecule has 1 fully saturated rings. The topological polar surface area (TPSA) is 71.5 Å². The van der Waals surface area contributed by atoms with Crippen LogP contribution in [0.15, 0.2) is 18.3 Å². The minimum Gasteiger partial charge on any atom is -0.389 e. The summed E-state index contributed by atoms with van der Waals surface area (Å²) in [7, 11) is 0. The van der Waals surface area contributed by atoms with Crippen LogP contribution in [0, 0.1) is 6.92 Å². The van der Waals surface area contributed by atoms with Gasteiger partial charge in [-0.1, -0.05) is 6.07 Å². The second kappa shape index (κ2) is 5.25. The van der Waals surface area contributed by atoms with E-state index in [9.17, 15) is 9.90 Å². The number of hydrogen-bond donors (Lipinski definition) is 2. The molecule has 2 heterocycles. The average molecular weight is 236 g/mol. The van der Waals surface area contributed by atoms with Crippen molar-refractivity contribution in [1.29, 1.82) is 0 Å². The summed E-state index contributed by atoms with van der Waals surface area (Å²) in [4.78, 5) is 16.0. The monoisotopic (exact) mass is 236 g/mol. The Morgan fingerprint density at radius 3 is 3.18 bits per heavy atom. The SMILES string of the molecule is Cc1cccnc1C(=O)N[C@@H]1CCOC[C@H]1O. The van der Waals surface area contributed by atoms with Crippen LogP contribution in [-0.4, -0.2) is 41.4 Å². The minimum absolute atomic E-state index is 0.242. The lowest BCUT2D eigenvalue weighted by atomic mass is 10.1. The average Bonchev–Trinajstić information content (AvgIpc) is 2.32. The van der Waals surface area contributed by atoms with E-state index in [2.05, 4.69) is 10.3 Å². The first kappa shape index (κ1) is 12.0. The smallest absolute Gasteiger partial charge is 0.270 e. The first-order valence-corrected chi connectivity index (χ1v) is 5.67. The van der Waals surface area contributed by atoms with Crippen molar-refractivity contribution in [3.05, 3.63) is 29.6 Å². The summed E-state index contributed by atoms with van der Waals surface area (Å²) >= 11 is 0. The third-order valence-electron chi connectivity index (χ3n) is 2.87. The molecule has 2 atom stereocenters. The van der Waals surface area contributed by atoms with Crippen LogP contribution in [0.25, 0.3) is 0 Å². The van der Waals surface area contributed by atoms with Gasteiger partial charge in [0.05, 0.1) is 18.8 Å². The van der Waals surface area contributed by atoms with Gasteiger partial charge >= 0.3 is 0 Å². The maximum absolute atomic E-state index is 12.0. The van der Waals surface area contributed by atoms with E-state index in [1.165, 1.54) is 0 Å². The molecule has 1 saturated heterocycles. The second-order valence-corrected chi connectivity index (χ2v) is 4.18. The normalized spacial score (nSPS) is 24.4. The van der Waals surface area contributed by atoms with E-state index in [1.54, 1.807) is 12.3 Å². The van der Waals surface area contributed by atoms with E-state index in [1.807, 2.05) is 13.0 Å². The predicted molar refractivity (Wildman–Crippen MR) is 61.7 cm³/mol. The van der Waals surface area contributed by atoms with E-state index in [0.717, 1.165) is 5.56 Å². The number of pyridine rings is 1. The fourth-order valence-corrected chi connectivity index (χ4v) is 1.85. The first-order valence-electron chi connectivity index (χ1n) is 5.67. The van der Waals surface area contributed by atoms with E-state index in [0.29, 0.717) is 18.7 Å². The highest BCUT2D eigenvalue weighted by Crippen LogP contribution is 2.09. The maximum Gasteiger partial charge on any atom is 0.270 e. The standard InChI is InChI=1S/C12H16N2O3/c1-8-3-2-5-13-11(8)12(16)14-9-4-6-17-7-10(9)15/h2-3,5,9-10,15H,4,6-7H2,1H3,(H,14,16)/t9-,10-/m1/s1. The molecule has 1 aliphatic heterocycles. The van der Waals surface area contributed by atoms with Gasteiger partial charge < -0.3 is 15.2 Å². The van der Waals surface area contributed by atoms with Gasteiger partial charge in [-0.15, -0.1) is 0 Å². The molecule has 5 heteroatoms. The molecule has 0 aromatic carbocycles. The van der Waals surface area contributed by atoms with Gasteiger partial charge in [-0.05, 0) is 25.0 Å². The lowest BCUT2D eigenvalue weighted by molar-refractivity contribution is -0.0261. The molecule has 1 amide bonds. The number of carbonyl (C=O) groups excluding carboxylic acids is 1. The minimum atomic E-state index is -0.642. The summed E-state index contributed by atoms with van der Waals surface area (Å²) in [5, 5.41) is 12.5. The van der Waals surface area contributed by atoms with Crippen LogP contribution < -0.4 is 5.32 Å². The van der Waals surface area contributed by atoms with Gasteiger partial charge in [-0.25, -0.2) is 0 Å². The van der Waals surface area contributed by atoms with Crippen molar-refractivity contribution in [2.24, 2.45) is 0 Å². The van der Waals surface area contributed by atoms with Gasteiger partial charge in [0.25, 0.3) is 5.91 Å². The Morgan fingerprint density at radius 1 is 1.65 bits per heavy atom. The van der Waals surface area contributed by atoms with Crippen molar-refractivity contribution in [3.63, 3.8) is 0 Å². The molecule has 1 aromatic heterocycles. The predicted octanol–water partition coefficient (Wildman–Crippen LogP) is 0.270. The number of aliphatic hydroxyl groups is 1. The molecule has 2 rings (SSSR count). The fraction of sp³-hybridized carbons (Fsp3) is 0.500. The molecular formula is C12H16N2O3. The van der Waals surface area contributed by atoms with Crippen LogP contribution in [0.3, 0.4) is 0 Å². The zero-order chi connectivity index (χ0) is 12.3. The number of amides is 1. The zero-order valence-electron chi connectivity index (χ0n) is 9.72. The Kier molecular flexibility index (Phi) is 3.71. The molecule has 0 aliphatic carbocycles. The Bertz CT molecular complexity index is 408. The molecule has 0 spiro atoms. The van der Waals surface area contributed by atoms with Gasteiger partial charge in [0, 0.05) is 12.8 Å². The van der Waals surface area contributed by atoms with Crippen molar-refractivity contribution < 1.29 is 14.6 Å². The van der Waals surface area contributed by atoms with E-state index >= 15 is 0 Å². The molecule has 0 bridgehead atoms. The summed E-state index contributed by atoms with van der Waals surface area (Å²) < 4.78 is 5.11. The zero-order valence-corrected chi connectivity index (χ0v) is 9.72. The number of aryl methyl sites for hydroxylation is 1. The number of rotatable bonds is 2.